The number of fused-ring (bicyclic) bond motifs is 2. The molecule has 166 valence electrons. The van der Waals surface area contributed by atoms with Gasteiger partial charge in [-0.2, -0.15) is 0 Å². The fourth-order valence-corrected chi connectivity index (χ4v) is 4.88. The van der Waals surface area contributed by atoms with Gasteiger partial charge in [-0.25, -0.2) is 4.79 Å². The summed E-state index contributed by atoms with van der Waals surface area (Å²) in [6, 6.07) is 12.6. The van der Waals surface area contributed by atoms with Gasteiger partial charge in [0.25, 0.3) is 5.91 Å². The monoisotopic (exact) mass is 453 g/mol. The van der Waals surface area contributed by atoms with E-state index in [9.17, 15) is 9.59 Å². The summed E-state index contributed by atoms with van der Waals surface area (Å²) in [7, 11) is -0.550. The molecule has 3 aliphatic heterocycles. The van der Waals surface area contributed by atoms with Crippen molar-refractivity contribution in [3.8, 4) is 0 Å². The Morgan fingerprint density at radius 3 is 2.44 bits per heavy atom. The molecule has 3 heterocycles. The number of benzene rings is 2. The summed E-state index contributed by atoms with van der Waals surface area (Å²) in [4.78, 5) is 27.3. The average molecular weight is 454 g/mol. The van der Waals surface area contributed by atoms with Crippen molar-refractivity contribution in [2.45, 2.75) is 50.9 Å². The van der Waals surface area contributed by atoms with Crippen LogP contribution >= 0.6 is 11.6 Å². The van der Waals surface area contributed by atoms with Crippen molar-refractivity contribution < 1.29 is 23.6 Å². The number of likely N-dealkylation sites (tertiary alicyclic amines) is 1. The number of rotatable bonds is 2. The summed E-state index contributed by atoms with van der Waals surface area (Å²) in [5.74, 6) is -0.521. The zero-order chi connectivity index (χ0) is 22.9. The lowest BCUT2D eigenvalue weighted by Gasteiger charge is -2.32. The van der Waals surface area contributed by atoms with Crippen molar-refractivity contribution in [3.63, 3.8) is 0 Å². The number of amides is 1. The Labute approximate surface area is 192 Å². The molecule has 1 amide bonds. The van der Waals surface area contributed by atoms with E-state index in [1.165, 1.54) is 0 Å². The predicted molar refractivity (Wildman–Crippen MR) is 121 cm³/mol. The van der Waals surface area contributed by atoms with E-state index in [0.717, 1.165) is 11.0 Å². The fraction of sp³-hybridized carbons (Fsp3) is 0.417. The van der Waals surface area contributed by atoms with Crippen LogP contribution in [0.2, 0.25) is 5.02 Å². The first-order chi connectivity index (χ1) is 15.0. The van der Waals surface area contributed by atoms with Gasteiger partial charge in [-0.3, -0.25) is 4.79 Å². The van der Waals surface area contributed by atoms with Crippen LogP contribution in [0.25, 0.3) is 0 Å². The number of carbonyl (C=O) groups is 2. The Kier molecular flexibility index (Phi) is 4.75. The van der Waals surface area contributed by atoms with Crippen molar-refractivity contribution in [3.05, 3.63) is 64.2 Å². The van der Waals surface area contributed by atoms with Crippen molar-refractivity contribution >= 4 is 36.1 Å². The Morgan fingerprint density at radius 2 is 1.75 bits per heavy atom. The predicted octanol–water partition coefficient (Wildman–Crippen LogP) is 3.55. The standard InChI is InChI=1S/C24H25BClNO5/c1-22(2)23(3,4)32-25(31-22)15-9-10-17(19(26)13-15)20(28)27-12-11-24(14-27)18-8-6-5-7-16(18)21(29)30-24/h5-10,13H,11-12,14H2,1-4H3/t24-/m0/s1. The highest BCUT2D eigenvalue weighted by Gasteiger charge is 2.52. The first-order valence-corrected chi connectivity index (χ1v) is 11.2. The van der Waals surface area contributed by atoms with Crippen LogP contribution in [-0.2, 0) is 19.6 Å². The van der Waals surface area contributed by atoms with Crippen molar-refractivity contribution in [1.29, 1.82) is 0 Å². The maximum absolute atomic E-state index is 13.3. The van der Waals surface area contributed by atoms with Crippen LogP contribution in [0, 0.1) is 0 Å². The molecular formula is C24H25BClNO5. The minimum atomic E-state index is -0.779. The second-order valence-corrected chi connectivity index (χ2v) is 10.1. The molecule has 0 radical (unpaired) electrons. The molecule has 0 bridgehead atoms. The van der Waals surface area contributed by atoms with Gasteiger partial charge in [0, 0.05) is 18.5 Å². The number of hydrogen-bond donors (Lipinski definition) is 0. The third-order valence-corrected chi connectivity index (χ3v) is 7.51. The lowest BCUT2D eigenvalue weighted by atomic mass is 9.79. The molecule has 1 atom stereocenters. The van der Waals surface area contributed by atoms with Crippen LogP contribution in [-0.4, -0.2) is 48.2 Å². The van der Waals surface area contributed by atoms with E-state index in [0.29, 0.717) is 35.7 Å². The van der Waals surface area contributed by atoms with Gasteiger partial charge in [-0.05, 0) is 51.4 Å². The van der Waals surface area contributed by atoms with E-state index >= 15 is 0 Å². The molecular weight excluding hydrogens is 429 g/mol. The van der Waals surface area contributed by atoms with Gasteiger partial charge in [0.05, 0.1) is 33.9 Å². The van der Waals surface area contributed by atoms with E-state index in [-0.39, 0.29) is 11.9 Å². The van der Waals surface area contributed by atoms with Crippen LogP contribution in [0.4, 0.5) is 0 Å². The number of hydrogen-bond acceptors (Lipinski definition) is 5. The number of ether oxygens (including phenoxy) is 1. The molecule has 2 aromatic rings. The minimum Gasteiger partial charge on any atom is -0.449 e. The second-order valence-electron chi connectivity index (χ2n) is 9.73. The molecule has 8 heteroatoms. The zero-order valence-electron chi connectivity index (χ0n) is 18.6. The average Bonchev–Trinajstić information content (AvgIpc) is 3.35. The lowest BCUT2D eigenvalue weighted by Crippen LogP contribution is -2.41. The molecule has 2 saturated heterocycles. The van der Waals surface area contributed by atoms with Crippen LogP contribution in [0.5, 0.6) is 0 Å². The fourth-order valence-electron chi connectivity index (χ4n) is 4.61. The second kappa shape index (κ2) is 7.08. The van der Waals surface area contributed by atoms with Crippen LogP contribution < -0.4 is 5.46 Å². The molecule has 0 saturated carbocycles. The van der Waals surface area contributed by atoms with E-state index in [1.54, 1.807) is 23.1 Å². The SMILES string of the molecule is CC1(C)OB(c2ccc(C(=O)N3CC[C@@]4(C3)OC(=O)c3ccccc34)c(Cl)c2)OC1(C)C. The van der Waals surface area contributed by atoms with Crippen molar-refractivity contribution in [2.24, 2.45) is 0 Å². The molecule has 0 N–H and O–H groups in total. The quantitative estimate of drug-likeness (QED) is 0.514. The van der Waals surface area contributed by atoms with Gasteiger partial charge in [0.1, 0.15) is 0 Å². The molecule has 1 spiro atoms. The number of carbonyl (C=O) groups excluding carboxylic acids is 2. The van der Waals surface area contributed by atoms with Gasteiger partial charge < -0.3 is 18.9 Å². The summed E-state index contributed by atoms with van der Waals surface area (Å²) >= 11 is 6.53. The molecule has 6 nitrogen and oxygen atoms in total. The first-order valence-electron chi connectivity index (χ1n) is 10.8. The molecule has 2 fully saturated rings. The molecule has 0 unspecified atom stereocenters. The topological polar surface area (TPSA) is 65.1 Å². The summed E-state index contributed by atoms with van der Waals surface area (Å²) in [6.07, 6.45) is 0.561. The normalized spacial score (nSPS) is 25.3. The summed E-state index contributed by atoms with van der Waals surface area (Å²) in [5, 5.41) is 0.340. The van der Waals surface area contributed by atoms with Gasteiger partial charge in [-0.1, -0.05) is 35.9 Å². The van der Waals surface area contributed by atoms with E-state index in [1.807, 2.05) is 52.0 Å². The third-order valence-electron chi connectivity index (χ3n) is 7.19. The van der Waals surface area contributed by atoms with Crippen LogP contribution in [0.1, 0.15) is 60.4 Å². The Hall–Kier alpha value is -2.35. The van der Waals surface area contributed by atoms with Gasteiger partial charge in [0.15, 0.2) is 5.60 Å². The Balaban J connectivity index is 1.36. The summed E-state index contributed by atoms with van der Waals surface area (Å²) < 4.78 is 17.9. The third kappa shape index (κ3) is 3.18. The minimum absolute atomic E-state index is 0.187. The molecule has 0 aromatic heterocycles. The molecule has 5 rings (SSSR count). The highest BCUT2D eigenvalue weighted by Crippen LogP contribution is 2.43. The van der Waals surface area contributed by atoms with Crippen LogP contribution in [0.3, 0.4) is 0 Å². The van der Waals surface area contributed by atoms with Gasteiger partial charge >= 0.3 is 13.1 Å². The van der Waals surface area contributed by atoms with Gasteiger partial charge in [0.2, 0.25) is 0 Å². The zero-order valence-corrected chi connectivity index (χ0v) is 19.4. The lowest BCUT2D eigenvalue weighted by molar-refractivity contribution is -0.00306. The maximum Gasteiger partial charge on any atom is 0.494 e. The first kappa shape index (κ1) is 21.5. The molecule has 32 heavy (non-hydrogen) atoms. The van der Waals surface area contributed by atoms with Crippen molar-refractivity contribution in [2.75, 3.05) is 13.1 Å². The summed E-state index contributed by atoms with van der Waals surface area (Å²) in [6.45, 7) is 8.75. The number of esters is 1. The smallest absolute Gasteiger partial charge is 0.449 e. The summed E-state index contributed by atoms with van der Waals surface area (Å²) in [5.41, 5.74) is 0.894. The van der Waals surface area contributed by atoms with Gasteiger partial charge in [-0.15, -0.1) is 0 Å². The largest absolute Gasteiger partial charge is 0.494 e. The van der Waals surface area contributed by atoms with E-state index in [4.69, 9.17) is 25.6 Å². The Bertz CT molecular complexity index is 1120. The highest BCUT2D eigenvalue weighted by atomic mass is 35.5. The van der Waals surface area contributed by atoms with E-state index in [2.05, 4.69) is 0 Å². The van der Waals surface area contributed by atoms with E-state index < -0.39 is 23.9 Å². The Morgan fingerprint density at radius 1 is 1.06 bits per heavy atom. The van der Waals surface area contributed by atoms with Crippen LogP contribution in [0.15, 0.2) is 42.5 Å². The van der Waals surface area contributed by atoms with Crippen molar-refractivity contribution in [1.82, 2.24) is 4.90 Å². The number of halogens is 1. The number of nitrogens with zero attached hydrogens (tertiary/aromatic N) is 1. The molecule has 0 aliphatic carbocycles. The maximum atomic E-state index is 13.3. The highest BCUT2D eigenvalue weighted by molar-refractivity contribution is 6.62. The molecule has 2 aromatic carbocycles. The molecule has 3 aliphatic rings.